The molecule has 0 radical (unpaired) electrons. The lowest BCUT2D eigenvalue weighted by Gasteiger charge is -2.19. The lowest BCUT2D eigenvalue weighted by atomic mass is 9.95. The Bertz CT molecular complexity index is 440. The summed E-state index contributed by atoms with van der Waals surface area (Å²) in [5, 5.41) is 9.57. The van der Waals surface area contributed by atoms with Crippen LogP contribution in [-0.2, 0) is 0 Å². The van der Waals surface area contributed by atoms with Crippen molar-refractivity contribution in [2.45, 2.75) is 5.38 Å². The van der Waals surface area contributed by atoms with Crippen LogP contribution in [0.5, 0.6) is 0 Å². The number of fused-ring (bicyclic) bond motifs is 1. The van der Waals surface area contributed by atoms with Crippen molar-refractivity contribution in [3.8, 4) is 0 Å². The monoisotopic (exact) mass is 244 g/mol. The van der Waals surface area contributed by atoms with Crippen molar-refractivity contribution in [1.29, 1.82) is 0 Å². The average Bonchev–Trinajstić information content (AvgIpc) is 2.14. The van der Waals surface area contributed by atoms with Crippen molar-refractivity contribution >= 4 is 40.3 Å². The number of alkyl halides is 1. The first-order valence-electron chi connectivity index (χ1n) is 3.98. The van der Waals surface area contributed by atoms with Gasteiger partial charge in [0.25, 0.3) is 0 Å². The van der Waals surface area contributed by atoms with Gasteiger partial charge in [-0.2, -0.15) is 0 Å². The Balaban J connectivity index is 2.63. The molecule has 0 spiro atoms. The van der Waals surface area contributed by atoms with Crippen LogP contribution in [0, 0.1) is 0 Å². The Kier molecular flexibility index (Phi) is 2.52. The van der Waals surface area contributed by atoms with Crippen molar-refractivity contribution < 1.29 is 5.11 Å². The zero-order valence-electron chi connectivity index (χ0n) is 7.00. The van der Waals surface area contributed by atoms with Crippen LogP contribution in [0.2, 0.25) is 5.02 Å². The summed E-state index contributed by atoms with van der Waals surface area (Å²) < 4.78 is 0. The van der Waals surface area contributed by atoms with E-state index in [9.17, 15) is 5.11 Å². The molecule has 1 nitrogen and oxygen atoms in total. The molecule has 1 N–H and O–H groups in total. The van der Waals surface area contributed by atoms with E-state index in [1.807, 2.05) is 0 Å². The maximum atomic E-state index is 9.47. The summed E-state index contributed by atoms with van der Waals surface area (Å²) in [6.07, 6.45) is 1.49. The van der Waals surface area contributed by atoms with E-state index in [4.69, 9.17) is 35.4 Å². The first-order chi connectivity index (χ1) is 6.59. The summed E-state index contributed by atoms with van der Waals surface area (Å²) in [5.74, 6) is 0.0893. The van der Waals surface area contributed by atoms with Gasteiger partial charge in [-0.25, -0.2) is 0 Å². The van der Waals surface area contributed by atoms with E-state index < -0.39 is 5.38 Å². The van der Waals surface area contributed by atoms with Gasteiger partial charge in [0.2, 0.25) is 0 Å². The van der Waals surface area contributed by atoms with Gasteiger partial charge in [-0.15, -0.1) is 11.6 Å². The largest absolute Gasteiger partial charge is 0.510 e. The van der Waals surface area contributed by atoms with Crippen LogP contribution < -0.4 is 0 Å². The third-order valence-corrected chi connectivity index (χ3v) is 3.12. The third-order valence-electron chi connectivity index (χ3n) is 2.09. The van der Waals surface area contributed by atoms with E-state index in [1.165, 1.54) is 6.08 Å². The Morgan fingerprint density at radius 1 is 1.36 bits per heavy atom. The molecule has 14 heavy (non-hydrogen) atoms. The SMILES string of the molecule is OC1=CC(=S)c2cc(Cl)ccc2C1Cl. The highest BCUT2D eigenvalue weighted by atomic mass is 35.5. The Morgan fingerprint density at radius 3 is 2.79 bits per heavy atom. The van der Waals surface area contributed by atoms with Gasteiger partial charge in [0, 0.05) is 9.89 Å². The summed E-state index contributed by atoms with van der Waals surface area (Å²) >= 11 is 16.9. The van der Waals surface area contributed by atoms with Crippen LogP contribution in [-0.4, -0.2) is 9.97 Å². The molecule has 1 aliphatic rings. The molecule has 4 heteroatoms. The van der Waals surface area contributed by atoms with E-state index in [1.54, 1.807) is 18.2 Å². The molecule has 72 valence electrons. The van der Waals surface area contributed by atoms with E-state index in [2.05, 4.69) is 0 Å². The summed E-state index contributed by atoms with van der Waals surface area (Å²) in [4.78, 5) is 0.567. The average molecular weight is 245 g/mol. The minimum Gasteiger partial charge on any atom is -0.510 e. The molecule has 0 saturated heterocycles. The van der Waals surface area contributed by atoms with Crippen LogP contribution in [0.25, 0.3) is 0 Å². The Morgan fingerprint density at radius 2 is 2.07 bits per heavy atom. The molecule has 0 fully saturated rings. The van der Waals surface area contributed by atoms with Crippen LogP contribution in [0.3, 0.4) is 0 Å². The summed E-state index contributed by atoms with van der Waals surface area (Å²) in [5.41, 5.74) is 1.63. The summed E-state index contributed by atoms with van der Waals surface area (Å²) in [6.45, 7) is 0. The number of aliphatic hydroxyl groups is 1. The fourth-order valence-electron chi connectivity index (χ4n) is 1.41. The fraction of sp³-hybridized carbons (Fsp3) is 0.100. The Hall–Kier alpha value is -0.570. The van der Waals surface area contributed by atoms with Gasteiger partial charge in [-0.3, -0.25) is 0 Å². The highest BCUT2D eigenvalue weighted by molar-refractivity contribution is 7.81. The minimum absolute atomic E-state index is 0.0893. The van der Waals surface area contributed by atoms with E-state index in [0.717, 1.165) is 11.1 Å². The van der Waals surface area contributed by atoms with Crippen LogP contribution in [0.15, 0.2) is 30.0 Å². The standard InChI is InChI=1S/C10H6Cl2OS/c11-5-1-2-6-7(3-5)9(14)4-8(13)10(6)12/h1-4,10,13H. The molecular formula is C10H6Cl2OS. The highest BCUT2D eigenvalue weighted by Gasteiger charge is 2.23. The molecule has 0 aromatic heterocycles. The molecule has 0 saturated carbocycles. The van der Waals surface area contributed by atoms with Crippen molar-refractivity contribution in [2.75, 3.05) is 0 Å². The first-order valence-corrected chi connectivity index (χ1v) is 5.20. The maximum absolute atomic E-state index is 9.47. The van der Waals surface area contributed by atoms with Crippen LogP contribution in [0.1, 0.15) is 16.5 Å². The molecule has 1 aromatic rings. The van der Waals surface area contributed by atoms with Crippen LogP contribution in [0.4, 0.5) is 0 Å². The number of aliphatic hydroxyl groups excluding tert-OH is 1. The maximum Gasteiger partial charge on any atom is 0.116 e. The molecule has 2 rings (SSSR count). The van der Waals surface area contributed by atoms with Gasteiger partial charge in [0.1, 0.15) is 11.1 Å². The van der Waals surface area contributed by atoms with Gasteiger partial charge >= 0.3 is 0 Å². The zero-order chi connectivity index (χ0) is 10.3. The predicted octanol–water partition coefficient (Wildman–Crippen LogP) is 3.79. The normalized spacial score (nSPS) is 20.3. The number of allylic oxidation sites excluding steroid dienone is 2. The van der Waals surface area contributed by atoms with Crippen molar-refractivity contribution in [3.05, 3.63) is 46.2 Å². The van der Waals surface area contributed by atoms with Crippen molar-refractivity contribution in [2.24, 2.45) is 0 Å². The molecule has 1 atom stereocenters. The number of rotatable bonds is 0. The number of thiocarbonyl (C=S) groups is 1. The number of halogens is 2. The fourth-order valence-corrected chi connectivity index (χ4v) is 2.13. The number of hydrogen-bond acceptors (Lipinski definition) is 2. The van der Waals surface area contributed by atoms with Gasteiger partial charge in [0.15, 0.2) is 0 Å². The third kappa shape index (κ3) is 1.54. The summed E-state index contributed by atoms with van der Waals surface area (Å²) in [6, 6.07) is 5.28. The first kappa shape index (κ1) is 9.97. The highest BCUT2D eigenvalue weighted by Crippen LogP contribution is 2.35. The second-order valence-electron chi connectivity index (χ2n) is 3.03. The molecule has 1 unspecified atom stereocenters. The topological polar surface area (TPSA) is 20.2 Å². The van der Waals surface area contributed by atoms with Gasteiger partial charge in [-0.05, 0) is 29.3 Å². The molecule has 0 bridgehead atoms. The second kappa shape index (κ2) is 3.54. The lowest BCUT2D eigenvalue weighted by Crippen LogP contribution is -2.10. The molecule has 1 aromatic carbocycles. The smallest absolute Gasteiger partial charge is 0.116 e. The molecule has 0 amide bonds. The summed E-state index contributed by atoms with van der Waals surface area (Å²) in [7, 11) is 0. The molecule has 0 heterocycles. The van der Waals surface area contributed by atoms with E-state index in [-0.39, 0.29) is 5.76 Å². The minimum atomic E-state index is -0.519. The number of benzene rings is 1. The molecular weight excluding hydrogens is 239 g/mol. The lowest BCUT2D eigenvalue weighted by molar-refractivity contribution is 0.394. The van der Waals surface area contributed by atoms with Gasteiger partial charge < -0.3 is 5.11 Å². The van der Waals surface area contributed by atoms with Crippen molar-refractivity contribution in [3.63, 3.8) is 0 Å². The van der Waals surface area contributed by atoms with Crippen LogP contribution >= 0.6 is 35.4 Å². The van der Waals surface area contributed by atoms with E-state index in [0.29, 0.717) is 9.89 Å². The molecule has 0 aliphatic heterocycles. The Labute approximate surface area is 97.0 Å². The van der Waals surface area contributed by atoms with Gasteiger partial charge in [-0.1, -0.05) is 29.9 Å². The zero-order valence-corrected chi connectivity index (χ0v) is 9.33. The van der Waals surface area contributed by atoms with Crippen molar-refractivity contribution in [1.82, 2.24) is 0 Å². The van der Waals surface area contributed by atoms with E-state index >= 15 is 0 Å². The molecule has 1 aliphatic carbocycles. The quantitative estimate of drug-likeness (QED) is 0.554. The van der Waals surface area contributed by atoms with Gasteiger partial charge in [0.05, 0.1) is 0 Å². The second-order valence-corrected chi connectivity index (χ2v) is 4.34. The number of hydrogen-bond donors (Lipinski definition) is 1. The predicted molar refractivity (Wildman–Crippen MR) is 62.5 cm³/mol.